The second kappa shape index (κ2) is 8.22. The van der Waals surface area contributed by atoms with E-state index in [-0.39, 0.29) is 5.56 Å². The predicted molar refractivity (Wildman–Crippen MR) is 106 cm³/mol. The molecule has 27 heavy (non-hydrogen) atoms. The molecule has 0 aliphatic heterocycles. The second-order valence-electron chi connectivity index (χ2n) is 6.47. The van der Waals surface area contributed by atoms with E-state index in [4.69, 9.17) is 9.47 Å². The van der Waals surface area contributed by atoms with Crippen molar-refractivity contribution in [2.75, 3.05) is 20.8 Å². The highest BCUT2D eigenvalue weighted by molar-refractivity contribution is 5.77. The molecule has 0 fully saturated rings. The molecule has 0 unspecified atom stereocenters. The monoisotopic (exact) mass is 367 g/mol. The highest BCUT2D eigenvalue weighted by atomic mass is 16.5. The molecule has 0 aliphatic rings. The normalized spacial score (nSPS) is 11.1. The van der Waals surface area contributed by atoms with Gasteiger partial charge in [-0.05, 0) is 48.9 Å². The minimum atomic E-state index is -0.103. The van der Waals surface area contributed by atoms with Crippen LogP contribution in [0.5, 0.6) is 11.5 Å². The molecule has 0 radical (unpaired) electrons. The summed E-state index contributed by atoms with van der Waals surface area (Å²) in [6.45, 7) is 6.25. The zero-order valence-corrected chi connectivity index (χ0v) is 16.2. The average molecular weight is 367 g/mol. The van der Waals surface area contributed by atoms with Gasteiger partial charge in [-0.1, -0.05) is 19.1 Å². The number of benzene rings is 2. The van der Waals surface area contributed by atoms with Gasteiger partial charge in [-0.2, -0.15) is 0 Å². The third-order valence-corrected chi connectivity index (χ3v) is 4.72. The Bertz CT molecular complexity index is 998. The van der Waals surface area contributed by atoms with E-state index in [1.165, 1.54) is 0 Å². The molecule has 2 aromatic carbocycles. The Morgan fingerprint density at radius 1 is 1.07 bits per heavy atom. The molecule has 0 saturated carbocycles. The first-order valence-corrected chi connectivity index (χ1v) is 8.97. The maximum absolute atomic E-state index is 12.3. The van der Waals surface area contributed by atoms with Crippen molar-refractivity contribution >= 4 is 10.9 Å². The van der Waals surface area contributed by atoms with Crippen LogP contribution in [-0.4, -0.2) is 35.6 Å². The molecule has 3 rings (SSSR count). The molecule has 3 aromatic rings. The fourth-order valence-electron chi connectivity index (χ4n) is 3.14. The number of hydrogen-bond acceptors (Lipinski definition) is 5. The zero-order valence-electron chi connectivity index (χ0n) is 16.2. The summed E-state index contributed by atoms with van der Waals surface area (Å²) in [5.74, 6) is 2.10. The van der Waals surface area contributed by atoms with Gasteiger partial charge in [0.25, 0.3) is 5.56 Å². The highest BCUT2D eigenvalue weighted by Gasteiger charge is 2.13. The summed E-state index contributed by atoms with van der Waals surface area (Å²) in [4.78, 5) is 22.0. The lowest BCUT2D eigenvalue weighted by Crippen LogP contribution is -2.25. The molecule has 1 aromatic heterocycles. The minimum Gasteiger partial charge on any atom is -0.493 e. The van der Waals surface area contributed by atoms with Gasteiger partial charge in [-0.25, -0.2) is 4.98 Å². The van der Waals surface area contributed by atoms with Gasteiger partial charge < -0.3 is 14.5 Å². The number of aromatic amines is 1. The highest BCUT2D eigenvalue weighted by Crippen LogP contribution is 2.30. The van der Waals surface area contributed by atoms with Crippen molar-refractivity contribution in [1.82, 2.24) is 14.9 Å². The average Bonchev–Trinajstić information content (AvgIpc) is 2.68. The lowest BCUT2D eigenvalue weighted by molar-refractivity contribution is 0.263. The molecule has 0 spiro atoms. The van der Waals surface area contributed by atoms with Crippen LogP contribution < -0.4 is 15.0 Å². The number of methoxy groups -OCH3 is 2. The smallest absolute Gasteiger partial charge is 0.258 e. The van der Waals surface area contributed by atoms with Gasteiger partial charge in [-0.3, -0.25) is 9.69 Å². The molecular weight excluding hydrogens is 342 g/mol. The molecule has 6 nitrogen and oxygen atoms in total. The zero-order chi connectivity index (χ0) is 19.4. The largest absolute Gasteiger partial charge is 0.493 e. The molecular formula is C21H25N3O3. The van der Waals surface area contributed by atoms with Crippen LogP contribution in [0.3, 0.4) is 0 Å². The van der Waals surface area contributed by atoms with E-state index in [2.05, 4.69) is 28.7 Å². The van der Waals surface area contributed by atoms with Gasteiger partial charge in [0.15, 0.2) is 11.5 Å². The summed E-state index contributed by atoms with van der Waals surface area (Å²) in [5.41, 5.74) is 2.90. The summed E-state index contributed by atoms with van der Waals surface area (Å²) in [7, 11) is 3.27. The lowest BCUT2D eigenvalue weighted by Gasteiger charge is -2.22. The molecule has 1 heterocycles. The third kappa shape index (κ3) is 4.11. The molecule has 6 heteroatoms. The lowest BCUT2D eigenvalue weighted by atomic mass is 10.1. The maximum atomic E-state index is 12.3. The van der Waals surface area contributed by atoms with Gasteiger partial charge in [0, 0.05) is 6.54 Å². The van der Waals surface area contributed by atoms with Crippen LogP contribution in [0.25, 0.3) is 10.9 Å². The van der Waals surface area contributed by atoms with Crippen LogP contribution >= 0.6 is 0 Å². The second-order valence-corrected chi connectivity index (χ2v) is 6.47. The van der Waals surface area contributed by atoms with E-state index < -0.39 is 0 Å². The topological polar surface area (TPSA) is 67.5 Å². The number of para-hydroxylation sites is 1. The standard InChI is InChI=1S/C21H25N3O3/c1-5-24(12-15-11-19(27-4)18(26-3)10-14(15)2)13-20-22-17-9-7-6-8-16(17)21(25)23-20/h6-11H,5,12-13H2,1-4H3,(H,22,23,25). The summed E-state index contributed by atoms with van der Waals surface area (Å²) in [6, 6.07) is 11.4. The van der Waals surface area contributed by atoms with Crippen molar-refractivity contribution in [2.24, 2.45) is 0 Å². The van der Waals surface area contributed by atoms with Crippen LogP contribution in [0, 0.1) is 6.92 Å². The summed E-state index contributed by atoms with van der Waals surface area (Å²) < 4.78 is 10.8. The third-order valence-electron chi connectivity index (χ3n) is 4.72. The fraction of sp³-hybridized carbons (Fsp3) is 0.333. The number of nitrogens with one attached hydrogen (secondary N) is 1. The number of H-pyrrole nitrogens is 1. The van der Waals surface area contributed by atoms with E-state index in [0.29, 0.717) is 23.5 Å². The van der Waals surface area contributed by atoms with Gasteiger partial charge in [0.2, 0.25) is 0 Å². The van der Waals surface area contributed by atoms with E-state index in [9.17, 15) is 4.79 Å². The maximum Gasteiger partial charge on any atom is 0.258 e. The first-order valence-electron chi connectivity index (χ1n) is 8.97. The van der Waals surface area contributed by atoms with Gasteiger partial charge in [-0.15, -0.1) is 0 Å². The number of rotatable bonds is 7. The van der Waals surface area contributed by atoms with E-state index in [1.54, 1.807) is 20.3 Å². The fourth-order valence-corrected chi connectivity index (χ4v) is 3.14. The van der Waals surface area contributed by atoms with Crippen LogP contribution in [0.4, 0.5) is 0 Å². The van der Waals surface area contributed by atoms with Crippen molar-refractivity contribution in [3.63, 3.8) is 0 Å². The van der Waals surface area contributed by atoms with Crippen LogP contribution in [0.15, 0.2) is 41.2 Å². The van der Waals surface area contributed by atoms with Crippen LogP contribution in [0.1, 0.15) is 23.9 Å². The van der Waals surface area contributed by atoms with Crippen molar-refractivity contribution in [3.8, 4) is 11.5 Å². The van der Waals surface area contributed by atoms with E-state index in [0.717, 1.165) is 35.5 Å². The van der Waals surface area contributed by atoms with Crippen LogP contribution in [-0.2, 0) is 13.1 Å². The molecule has 0 aliphatic carbocycles. The Morgan fingerprint density at radius 3 is 2.48 bits per heavy atom. The number of aromatic nitrogens is 2. The number of ether oxygens (including phenoxy) is 2. The van der Waals surface area contributed by atoms with E-state index >= 15 is 0 Å². The molecule has 0 amide bonds. The number of aryl methyl sites for hydroxylation is 1. The van der Waals surface area contributed by atoms with Crippen LogP contribution in [0.2, 0.25) is 0 Å². The first-order chi connectivity index (χ1) is 13.0. The van der Waals surface area contributed by atoms with Gasteiger partial charge >= 0.3 is 0 Å². The van der Waals surface area contributed by atoms with Crippen molar-refractivity contribution < 1.29 is 9.47 Å². The van der Waals surface area contributed by atoms with Gasteiger partial charge in [0.1, 0.15) is 5.82 Å². The number of nitrogens with zero attached hydrogens (tertiary/aromatic N) is 2. The molecule has 142 valence electrons. The van der Waals surface area contributed by atoms with E-state index in [1.807, 2.05) is 30.3 Å². The quantitative estimate of drug-likeness (QED) is 0.694. The summed E-state index contributed by atoms with van der Waals surface area (Å²) >= 11 is 0. The molecule has 1 N–H and O–H groups in total. The minimum absolute atomic E-state index is 0.103. The SMILES string of the molecule is CCN(Cc1nc2ccccc2c(=O)[nH]1)Cc1cc(OC)c(OC)cc1C. The summed E-state index contributed by atoms with van der Waals surface area (Å²) in [5, 5.41) is 0.611. The molecule has 0 atom stereocenters. The first kappa shape index (κ1) is 18.9. The number of fused-ring (bicyclic) bond motifs is 1. The molecule has 0 bridgehead atoms. The Morgan fingerprint density at radius 2 is 1.78 bits per heavy atom. The summed E-state index contributed by atoms with van der Waals surface area (Å²) in [6.07, 6.45) is 0. The van der Waals surface area contributed by atoms with Crippen molar-refractivity contribution in [2.45, 2.75) is 26.9 Å². The Hall–Kier alpha value is -2.86. The van der Waals surface area contributed by atoms with Crippen molar-refractivity contribution in [1.29, 1.82) is 0 Å². The Balaban J connectivity index is 1.85. The predicted octanol–water partition coefficient (Wildman–Crippen LogP) is 3.27. The molecule has 0 saturated heterocycles. The van der Waals surface area contributed by atoms with Gasteiger partial charge in [0.05, 0.1) is 31.7 Å². The Kier molecular flexibility index (Phi) is 5.76. The number of hydrogen-bond donors (Lipinski definition) is 1. The van der Waals surface area contributed by atoms with Crippen molar-refractivity contribution in [3.05, 3.63) is 63.7 Å². The Labute approximate surface area is 158 Å².